The van der Waals surface area contributed by atoms with Crippen molar-refractivity contribution in [2.45, 2.75) is 19.8 Å². The minimum Gasteiger partial charge on any atom is -0.497 e. The van der Waals surface area contributed by atoms with E-state index in [1.54, 1.807) is 14.0 Å². The van der Waals surface area contributed by atoms with Crippen molar-refractivity contribution in [2.75, 3.05) is 31.6 Å². The van der Waals surface area contributed by atoms with Gasteiger partial charge in [0.05, 0.1) is 13.5 Å². The van der Waals surface area contributed by atoms with Crippen molar-refractivity contribution in [2.24, 2.45) is 5.41 Å². The second-order valence-corrected chi connectivity index (χ2v) is 7.69. The van der Waals surface area contributed by atoms with Gasteiger partial charge in [-0.25, -0.2) is 0 Å². The summed E-state index contributed by atoms with van der Waals surface area (Å²) < 4.78 is 5.16. The molecule has 5 nitrogen and oxygen atoms in total. The quantitative estimate of drug-likeness (QED) is 0.841. The first-order valence-corrected chi connectivity index (χ1v) is 9.26. The van der Waals surface area contributed by atoms with E-state index >= 15 is 0 Å². The molecule has 0 radical (unpaired) electrons. The number of likely N-dealkylation sites (tertiary alicyclic amines) is 1. The number of methoxy groups -OCH3 is 1. The molecular weight excluding hydrogens is 340 g/mol. The van der Waals surface area contributed by atoms with Gasteiger partial charge in [0.1, 0.15) is 5.75 Å². The van der Waals surface area contributed by atoms with E-state index in [0.717, 1.165) is 23.4 Å². The maximum Gasteiger partial charge on any atom is 0.227 e. The molecule has 27 heavy (non-hydrogen) atoms. The van der Waals surface area contributed by atoms with Crippen molar-refractivity contribution in [3.05, 3.63) is 59.7 Å². The zero-order valence-electron chi connectivity index (χ0n) is 15.8. The molecule has 2 aromatic rings. The fraction of sp³-hybridized carbons (Fsp3) is 0.364. The van der Waals surface area contributed by atoms with Crippen LogP contribution in [0.5, 0.6) is 5.75 Å². The Bertz CT molecular complexity index is 869. The third kappa shape index (κ3) is 3.29. The van der Waals surface area contributed by atoms with Crippen LogP contribution in [0.4, 0.5) is 5.69 Å². The van der Waals surface area contributed by atoms with Crippen molar-refractivity contribution >= 4 is 17.5 Å². The lowest BCUT2D eigenvalue weighted by Crippen LogP contribution is -2.65. The Morgan fingerprint density at radius 2 is 1.74 bits per heavy atom. The predicted octanol–water partition coefficient (Wildman–Crippen LogP) is 2.68. The summed E-state index contributed by atoms with van der Waals surface area (Å²) >= 11 is 0. The Morgan fingerprint density at radius 3 is 2.41 bits per heavy atom. The fourth-order valence-electron chi connectivity index (χ4n) is 4.27. The van der Waals surface area contributed by atoms with Crippen LogP contribution in [0.25, 0.3) is 0 Å². The summed E-state index contributed by atoms with van der Waals surface area (Å²) in [5.74, 6) is 0.989. The third-order valence-electron chi connectivity index (χ3n) is 5.64. The summed E-state index contributed by atoms with van der Waals surface area (Å²) in [6.07, 6.45) is 1.31. The first kappa shape index (κ1) is 17.6. The highest BCUT2D eigenvalue weighted by atomic mass is 16.5. The summed E-state index contributed by atoms with van der Waals surface area (Å²) in [5, 5.41) is 0. The normalized spacial score (nSPS) is 17.3. The van der Waals surface area contributed by atoms with Crippen LogP contribution in [0, 0.1) is 5.41 Å². The van der Waals surface area contributed by atoms with Gasteiger partial charge in [-0.15, -0.1) is 0 Å². The van der Waals surface area contributed by atoms with E-state index < -0.39 is 0 Å². The molecule has 2 amide bonds. The van der Waals surface area contributed by atoms with Gasteiger partial charge >= 0.3 is 0 Å². The molecule has 1 fully saturated rings. The van der Waals surface area contributed by atoms with Gasteiger partial charge in [-0.2, -0.15) is 0 Å². The van der Waals surface area contributed by atoms with Crippen LogP contribution >= 0.6 is 0 Å². The minimum absolute atomic E-state index is 0.0183. The van der Waals surface area contributed by atoms with Gasteiger partial charge in [0.2, 0.25) is 11.8 Å². The van der Waals surface area contributed by atoms with Crippen LogP contribution in [0.1, 0.15) is 18.1 Å². The van der Waals surface area contributed by atoms with Crippen LogP contribution in [0.3, 0.4) is 0 Å². The number of hydrogen-bond acceptors (Lipinski definition) is 3. The van der Waals surface area contributed by atoms with Crippen molar-refractivity contribution in [3.8, 4) is 5.75 Å². The number of rotatable bonds is 3. The van der Waals surface area contributed by atoms with Gasteiger partial charge in [0.15, 0.2) is 0 Å². The lowest BCUT2D eigenvalue weighted by atomic mass is 9.71. The lowest BCUT2D eigenvalue weighted by molar-refractivity contribution is -0.142. The summed E-state index contributed by atoms with van der Waals surface area (Å²) in [6.45, 7) is 3.72. The smallest absolute Gasteiger partial charge is 0.227 e. The van der Waals surface area contributed by atoms with Crippen molar-refractivity contribution < 1.29 is 14.3 Å². The molecule has 140 valence electrons. The number of carbonyl (C=O) groups excluding carboxylic acids is 2. The molecule has 2 heterocycles. The van der Waals surface area contributed by atoms with Crippen LogP contribution in [0.15, 0.2) is 48.5 Å². The molecule has 2 aliphatic rings. The van der Waals surface area contributed by atoms with Gasteiger partial charge in [-0.3, -0.25) is 9.59 Å². The van der Waals surface area contributed by atoms with Gasteiger partial charge in [-0.05, 0) is 35.7 Å². The van der Waals surface area contributed by atoms with Crippen molar-refractivity contribution in [3.63, 3.8) is 0 Å². The molecule has 0 saturated carbocycles. The molecule has 1 spiro atoms. The lowest BCUT2D eigenvalue weighted by Gasteiger charge is -2.54. The molecule has 2 aromatic carbocycles. The Labute approximate surface area is 159 Å². The number of ether oxygens (including phenoxy) is 1. The zero-order chi connectivity index (χ0) is 19.0. The van der Waals surface area contributed by atoms with Gasteiger partial charge in [0.25, 0.3) is 0 Å². The Hall–Kier alpha value is -2.82. The maximum atomic E-state index is 12.7. The fourth-order valence-corrected chi connectivity index (χ4v) is 4.27. The number of amides is 2. The zero-order valence-corrected chi connectivity index (χ0v) is 15.8. The van der Waals surface area contributed by atoms with Crippen LogP contribution < -0.4 is 9.64 Å². The van der Waals surface area contributed by atoms with E-state index in [4.69, 9.17) is 4.74 Å². The Balaban J connectivity index is 1.43. The van der Waals surface area contributed by atoms with E-state index in [9.17, 15) is 9.59 Å². The van der Waals surface area contributed by atoms with Gasteiger partial charge in [-0.1, -0.05) is 30.3 Å². The second kappa shape index (κ2) is 6.72. The highest BCUT2D eigenvalue weighted by Gasteiger charge is 2.49. The molecule has 0 aromatic heterocycles. The molecule has 4 rings (SSSR count). The second-order valence-electron chi connectivity index (χ2n) is 7.69. The first-order chi connectivity index (χ1) is 13.0. The monoisotopic (exact) mass is 364 g/mol. The largest absolute Gasteiger partial charge is 0.497 e. The van der Waals surface area contributed by atoms with Crippen LogP contribution in [-0.4, -0.2) is 43.5 Å². The Kier molecular flexibility index (Phi) is 4.38. The molecule has 0 aliphatic carbocycles. The molecule has 2 aliphatic heterocycles. The van der Waals surface area contributed by atoms with Crippen LogP contribution in [-0.2, 0) is 22.4 Å². The third-order valence-corrected chi connectivity index (χ3v) is 5.64. The van der Waals surface area contributed by atoms with E-state index in [1.165, 1.54) is 5.56 Å². The SMILES string of the molecule is COc1ccc(CC(=O)N2CC3(Cc4ccccc4N(C(C)=O)C3)C2)cc1. The average Bonchev–Trinajstić information content (AvgIpc) is 2.65. The molecule has 0 atom stereocenters. The minimum atomic E-state index is -0.0183. The van der Waals surface area contributed by atoms with Gasteiger partial charge < -0.3 is 14.5 Å². The summed E-state index contributed by atoms with van der Waals surface area (Å²) in [5.41, 5.74) is 3.18. The summed E-state index contributed by atoms with van der Waals surface area (Å²) in [4.78, 5) is 28.6. The van der Waals surface area contributed by atoms with E-state index in [1.807, 2.05) is 52.3 Å². The van der Waals surface area contributed by atoms with Crippen molar-refractivity contribution in [1.29, 1.82) is 0 Å². The number of para-hydroxylation sites is 1. The maximum absolute atomic E-state index is 12.7. The predicted molar refractivity (Wildman–Crippen MR) is 104 cm³/mol. The number of carbonyl (C=O) groups is 2. The topological polar surface area (TPSA) is 49.9 Å². The summed E-state index contributed by atoms with van der Waals surface area (Å²) in [6, 6.07) is 15.7. The van der Waals surface area contributed by atoms with E-state index in [-0.39, 0.29) is 17.2 Å². The molecule has 1 saturated heterocycles. The molecular formula is C22H24N2O3. The standard InChI is InChI=1S/C22H24N2O3/c1-16(25)24-15-22(12-18-5-3-4-6-20(18)24)13-23(14-22)21(26)11-17-7-9-19(27-2)10-8-17/h3-10H,11-15H2,1-2H3. The number of hydrogen-bond donors (Lipinski definition) is 0. The molecule has 0 unspecified atom stereocenters. The van der Waals surface area contributed by atoms with Crippen molar-refractivity contribution in [1.82, 2.24) is 4.90 Å². The highest BCUT2D eigenvalue weighted by molar-refractivity contribution is 5.93. The number of benzene rings is 2. The van der Waals surface area contributed by atoms with E-state index in [0.29, 0.717) is 26.1 Å². The number of nitrogens with zero attached hydrogens (tertiary/aromatic N) is 2. The average molecular weight is 364 g/mol. The molecule has 5 heteroatoms. The molecule has 0 N–H and O–H groups in total. The Morgan fingerprint density at radius 1 is 1.04 bits per heavy atom. The number of fused-ring (bicyclic) bond motifs is 1. The highest BCUT2D eigenvalue weighted by Crippen LogP contribution is 2.42. The summed E-state index contributed by atoms with van der Waals surface area (Å²) in [7, 11) is 1.63. The molecule has 0 bridgehead atoms. The number of anilines is 1. The van der Waals surface area contributed by atoms with E-state index in [2.05, 4.69) is 6.07 Å². The van der Waals surface area contributed by atoms with Crippen LogP contribution in [0.2, 0.25) is 0 Å². The first-order valence-electron chi connectivity index (χ1n) is 9.26. The van der Waals surface area contributed by atoms with Gasteiger partial charge in [0, 0.05) is 37.7 Å².